The molecule has 238 valence electrons. The van der Waals surface area contributed by atoms with E-state index in [0.29, 0.717) is 33.2 Å². The van der Waals surface area contributed by atoms with Gasteiger partial charge in [0.15, 0.2) is 16.3 Å². The molecule has 48 heavy (non-hydrogen) atoms. The quantitative estimate of drug-likeness (QED) is 0.169. The lowest BCUT2D eigenvalue weighted by molar-refractivity contribution is 0.306. The van der Waals surface area contributed by atoms with E-state index in [2.05, 4.69) is 58.4 Å². The van der Waals surface area contributed by atoms with E-state index < -0.39 is 0 Å². The van der Waals surface area contributed by atoms with E-state index in [9.17, 15) is 4.79 Å². The molecule has 6 aromatic rings. The van der Waals surface area contributed by atoms with Gasteiger partial charge in [-0.3, -0.25) is 9.36 Å². The highest BCUT2D eigenvalue weighted by Crippen LogP contribution is 2.43. The molecule has 2 aliphatic rings. The Balaban J connectivity index is 1.33. The summed E-state index contributed by atoms with van der Waals surface area (Å²) in [4.78, 5) is 20.5. The van der Waals surface area contributed by atoms with Gasteiger partial charge in [0, 0.05) is 15.6 Å². The number of methoxy groups -OCH3 is 2. The summed E-state index contributed by atoms with van der Waals surface area (Å²) < 4.78 is 21.2. The molecule has 1 aromatic heterocycles. The second kappa shape index (κ2) is 12.6. The molecule has 0 bridgehead atoms. The van der Waals surface area contributed by atoms with Crippen molar-refractivity contribution in [2.24, 2.45) is 4.99 Å². The number of benzene rings is 5. The van der Waals surface area contributed by atoms with Crippen LogP contribution in [0.15, 0.2) is 123 Å². The van der Waals surface area contributed by atoms with Crippen LogP contribution < -0.4 is 29.1 Å². The highest BCUT2D eigenvalue weighted by atomic mass is 79.9. The molecule has 0 unspecified atom stereocenters. The Morgan fingerprint density at radius 3 is 2.48 bits per heavy atom. The van der Waals surface area contributed by atoms with Gasteiger partial charge in [-0.15, -0.1) is 0 Å². The Morgan fingerprint density at radius 1 is 0.875 bits per heavy atom. The van der Waals surface area contributed by atoms with E-state index >= 15 is 0 Å². The van der Waals surface area contributed by atoms with Crippen molar-refractivity contribution in [2.75, 3.05) is 14.2 Å². The highest BCUT2D eigenvalue weighted by molar-refractivity contribution is 9.10. The third kappa shape index (κ3) is 5.35. The second-order valence-corrected chi connectivity index (χ2v) is 13.8. The van der Waals surface area contributed by atoms with Crippen molar-refractivity contribution < 1.29 is 14.2 Å². The molecular formula is C40H31BrN2O4S. The summed E-state index contributed by atoms with van der Waals surface area (Å²) in [5.41, 5.74) is 7.26. The average Bonchev–Trinajstić information content (AvgIpc) is 3.44. The van der Waals surface area contributed by atoms with Gasteiger partial charge < -0.3 is 14.2 Å². The van der Waals surface area contributed by atoms with Gasteiger partial charge in [-0.25, -0.2) is 4.99 Å². The lowest BCUT2D eigenvalue weighted by Gasteiger charge is -2.31. The third-order valence-electron chi connectivity index (χ3n) is 9.11. The molecule has 8 rings (SSSR count). The lowest BCUT2D eigenvalue weighted by Crippen LogP contribution is -2.38. The fourth-order valence-corrected chi connectivity index (χ4v) is 8.02. The van der Waals surface area contributed by atoms with Crippen LogP contribution >= 0.6 is 27.3 Å². The number of aromatic nitrogens is 1. The number of hydrogen-bond acceptors (Lipinski definition) is 6. The van der Waals surface area contributed by atoms with Crippen LogP contribution in [-0.2, 0) is 13.0 Å². The largest absolute Gasteiger partial charge is 0.493 e. The van der Waals surface area contributed by atoms with Gasteiger partial charge >= 0.3 is 0 Å². The minimum Gasteiger partial charge on any atom is -0.493 e. The number of allylic oxidation sites excluding steroid dienone is 1. The van der Waals surface area contributed by atoms with Gasteiger partial charge in [0.1, 0.15) is 12.4 Å². The van der Waals surface area contributed by atoms with Crippen molar-refractivity contribution in [1.82, 2.24) is 4.57 Å². The van der Waals surface area contributed by atoms with Crippen LogP contribution in [-0.4, -0.2) is 18.8 Å². The number of thiazole rings is 1. The third-order valence-corrected chi connectivity index (χ3v) is 10.6. The number of fused-ring (bicyclic) bond motifs is 4. The molecule has 0 spiro atoms. The number of nitrogens with zero attached hydrogens (tertiary/aromatic N) is 2. The van der Waals surface area contributed by atoms with Crippen molar-refractivity contribution in [3.8, 4) is 17.2 Å². The van der Waals surface area contributed by atoms with Crippen molar-refractivity contribution >= 4 is 49.8 Å². The fraction of sp³-hybridized carbons (Fsp3) is 0.150. The maximum atomic E-state index is 14.6. The van der Waals surface area contributed by atoms with Crippen LogP contribution in [0.1, 0.15) is 40.3 Å². The molecule has 1 aliphatic heterocycles. The van der Waals surface area contributed by atoms with Crippen molar-refractivity contribution in [3.63, 3.8) is 0 Å². The number of hydrogen-bond donors (Lipinski definition) is 0. The summed E-state index contributed by atoms with van der Waals surface area (Å²) in [6.45, 7) is 0.402. The number of rotatable bonds is 7. The normalized spacial score (nSPS) is 15.4. The van der Waals surface area contributed by atoms with Crippen LogP contribution in [0.4, 0.5) is 0 Å². The first-order chi connectivity index (χ1) is 23.5. The summed E-state index contributed by atoms with van der Waals surface area (Å²) in [5, 5.41) is 2.09. The van der Waals surface area contributed by atoms with Crippen molar-refractivity contribution in [1.29, 1.82) is 0 Å². The molecule has 1 aliphatic carbocycles. The first-order valence-corrected chi connectivity index (χ1v) is 17.4. The predicted octanol–water partition coefficient (Wildman–Crippen LogP) is 7.83. The van der Waals surface area contributed by atoms with Crippen molar-refractivity contribution in [3.05, 3.63) is 161 Å². The van der Waals surface area contributed by atoms with E-state index in [1.54, 1.807) is 14.2 Å². The molecule has 0 radical (unpaired) electrons. The molecule has 6 nitrogen and oxygen atoms in total. The predicted molar refractivity (Wildman–Crippen MR) is 195 cm³/mol. The summed E-state index contributed by atoms with van der Waals surface area (Å²) in [5.74, 6) is 1.98. The standard InChI is InChI=1S/C40H31BrN2O4S/c1-45-34-20-15-27(21-35(34)46-2)38-31-18-13-26-8-4-6-10-30(26)37(31)42-40-43(38)39(44)36(48-40)22-32-29-9-5-3-7-25(29)14-19-33(32)47-23-24-11-16-28(41)17-12-24/h3-12,14-17,19-22,38H,13,18,23H2,1-2H3/b36-22+/t38-/m0/s1. The second-order valence-electron chi connectivity index (χ2n) is 11.8. The lowest BCUT2D eigenvalue weighted by atomic mass is 9.83. The molecule has 5 aromatic carbocycles. The zero-order chi connectivity index (χ0) is 32.8. The highest BCUT2D eigenvalue weighted by Gasteiger charge is 2.33. The summed E-state index contributed by atoms with van der Waals surface area (Å²) in [6.07, 6.45) is 3.66. The maximum absolute atomic E-state index is 14.6. The molecular weight excluding hydrogens is 684 g/mol. The van der Waals surface area contributed by atoms with E-state index in [1.807, 2.05) is 71.3 Å². The zero-order valence-electron chi connectivity index (χ0n) is 26.4. The number of halogens is 1. The fourth-order valence-electron chi connectivity index (χ4n) is 6.77. The van der Waals surface area contributed by atoms with Crippen LogP contribution in [0.25, 0.3) is 22.5 Å². The first kappa shape index (κ1) is 30.4. The Kier molecular flexibility index (Phi) is 7.98. The molecule has 0 amide bonds. The average molecular weight is 716 g/mol. The van der Waals surface area contributed by atoms with Gasteiger partial charge in [-0.1, -0.05) is 100 Å². The number of ether oxygens (including phenoxy) is 3. The summed E-state index contributed by atoms with van der Waals surface area (Å²) in [7, 11) is 3.26. The molecule has 1 atom stereocenters. The molecule has 8 heteroatoms. The minimum absolute atomic E-state index is 0.0873. The van der Waals surface area contributed by atoms with Crippen LogP contribution in [0.2, 0.25) is 0 Å². The first-order valence-electron chi connectivity index (χ1n) is 15.8. The molecule has 0 N–H and O–H groups in total. The summed E-state index contributed by atoms with van der Waals surface area (Å²) >= 11 is 4.92. The van der Waals surface area contributed by atoms with Crippen LogP contribution in [0, 0.1) is 0 Å². The molecule has 2 heterocycles. The zero-order valence-corrected chi connectivity index (χ0v) is 28.8. The van der Waals surface area contributed by atoms with Gasteiger partial charge in [0.05, 0.1) is 30.5 Å². The Bertz CT molecular complexity index is 2430. The van der Waals surface area contributed by atoms with E-state index in [-0.39, 0.29) is 11.6 Å². The van der Waals surface area contributed by atoms with Gasteiger partial charge in [-0.05, 0) is 82.3 Å². The topological polar surface area (TPSA) is 62.0 Å². The smallest absolute Gasteiger partial charge is 0.271 e. The summed E-state index contributed by atoms with van der Waals surface area (Å²) in [6, 6.07) is 34.4. The Morgan fingerprint density at radius 2 is 1.65 bits per heavy atom. The van der Waals surface area contributed by atoms with Gasteiger partial charge in [-0.2, -0.15) is 0 Å². The van der Waals surface area contributed by atoms with Gasteiger partial charge in [0.2, 0.25) is 0 Å². The number of aryl methyl sites for hydroxylation is 1. The SMILES string of the molecule is COc1ccc([C@H]2C3=C(N=c4s/c(=C/c5c(OCc6ccc(Br)cc6)ccc6ccccc56)c(=O)n42)c2ccccc2CC3)cc1OC. The van der Waals surface area contributed by atoms with Crippen LogP contribution in [0.5, 0.6) is 17.2 Å². The van der Waals surface area contributed by atoms with Crippen molar-refractivity contribution in [2.45, 2.75) is 25.5 Å². The Labute approximate surface area is 290 Å². The minimum atomic E-state index is -0.341. The van der Waals surface area contributed by atoms with Crippen LogP contribution in [0.3, 0.4) is 0 Å². The molecule has 0 saturated heterocycles. The van der Waals surface area contributed by atoms with E-state index in [4.69, 9.17) is 19.2 Å². The van der Waals surface area contributed by atoms with E-state index in [0.717, 1.165) is 61.6 Å². The molecule has 0 fully saturated rings. The van der Waals surface area contributed by atoms with Gasteiger partial charge in [0.25, 0.3) is 5.56 Å². The Hall–Kier alpha value is -4.92. The monoisotopic (exact) mass is 714 g/mol. The van der Waals surface area contributed by atoms with E-state index in [1.165, 1.54) is 16.9 Å². The maximum Gasteiger partial charge on any atom is 0.271 e. The molecule has 0 saturated carbocycles.